The molecule has 0 aliphatic heterocycles. The van der Waals surface area contributed by atoms with Crippen LogP contribution in [0.25, 0.3) is 0 Å². The summed E-state index contributed by atoms with van der Waals surface area (Å²) in [4.78, 5) is 17.0. The summed E-state index contributed by atoms with van der Waals surface area (Å²) in [6.45, 7) is 18.0. The first kappa shape index (κ1) is 37.8. The fraction of sp³-hybridized carbons (Fsp3) is 0. The zero-order valence-corrected chi connectivity index (χ0v) is 12.8. The molecule has 60 valence electrons. The van der Waals surface area contributed by atoms with Crippen molar-refractivity contribution in [1.82, 2.24) is 0 Å². The van der Waals surface area contributed by atoms with Gasteiger partial charge in [-0.1, -0.05) is 4.57 Å². The van der Waals surface area contributed by atoms with E-state index in [9.17, 15) is 0 Å². The molecule has 0 atom stereocenters. The van der Waals surface area contributed by atoms with E-state index >= 15 is 0 Å². The van der Waals surface area contributed by atoms with Gasteiger partial charge in [-0.3, -0.25) is 0 Å². The van der Waals surface area contributed by atoms with E-state index in [0.29, 0.717) is 0 Å². The minimum absolute atomic E-state index is 0. The predicted molar refractivity (Wildman–Crippen MR) is 41.4 cm³/mol. The number of hydrogen-bond donors (Lipinski definition) is 0. The molecule has 0 aliphatic carbocycles. The third kappa shape index (κ3) is 767. The molecular weight excluding hydrogens is 197 g/mol. The van der Waals surface area contributed by atoms with Gasteiger partial charge in [0.1, 0.15) is 0 Å². The fourth-order valence-corrected chi connectivity index (χ4v) is 0. The summed E-state index contributed by atoms with van der Waals surface area (Å²) >= 11 is 0. The van der Waals surface area contributed by atoms with Crippen LogP contribution in [0.2, 0.25) is 0 Å². The third-order valence-electron chi connectivity index (χ3n) is 0. The maximum Gasteiger partial charge on any atom is 1.00 e. The van der Waals surface area contributed by atoms with Gasteiger partial charge in [-0.25, -0.2) is 0 Å². The summed E-state index contributed by atoms with van der Waals surface area (Å²) in [7, 11) is -3.37. The molecule has 0 fully saturated rings. The molecule has 0 aromatic heterocycles. The average molecular weight is 209 g/mol. The standard InChI is InChI=1S/3C2H4.2Na.HO3P/c3*1-2;;;1-4(2)3/h3*1-2H2;;;(H,1,2,3)/q;;;2*+1;/p-1. The first-order valence-electron chi connectivity index (χ1n) is 2.05. The zero-order valence-electron chi connectivity index (χ0n) is 7.91. The van der Waals surface area contributed by atoms with E-state index in [0.717, 1.165) is 0 Å². The van der Waals surface area contributed by atoms with Crippen molar-refractivity contribution >= 4 is 8.25 Å². The summed E-state index contributed by atoms with van der Waals surface area (Å²) in [5.74, 6) is 0. The maximum atomic E-state index is 8.48. The van der Waals surface area contributed by atoms with Crippen LogP contribution >= 0.6 is 8.25 Å². The molecule has 0 aromatic rings. The van der Waals surface area contributed by atoms with Crippen molar-refractivity contribution < 1.29 is 73.5 Å². The van der Waals surface area contributed by atoms with Crippen LogP contribution in [0.1, 0.15) is 0 Å². The van der Waals surface area contributed by atoms with E-state index in [4.69, 9.17) is 14.4 Å². The summed E-state index contributed by atoms with van der Waals surface area (Å²) in [5, 5.41) is 0. The molecule has 0 saturated heterocycles. The van der Waals surface area contributed by atoms with Crippen LogP contribution in [0.4, 0.5) is 0 Å². The van der Waals surface area contributed by atoms with Gasteiger partial charge in [0.25, 0.3) is 8.25 Å². The number of rotatable bonds is 0. The van der Waals surface area contributed by atoms with Gasteiger partial charge in [0.05, 0.1) is 0 Å². The molecule has 0 aliphatic rings. The molecule has 0 spiro atoms. The van der Waals surface area contributed by atoms with Crippen LogP contribution < -0.4 is 68.9 Å². The van der Waals surface area contributed by atoms with Crippen LogP contribution in [0.15, 0.2) is 39.5 Å². The van der Waals surface area contributed by atoms with Crippen LogP contribution in [0.5, 0.6) is 0 Å². The Bertz CT molecular complexity index is 65.1. The summed E-state index contributed by atoms with van der Waals surface area (Å²) < 4.78 is 8.48. The second-order valence-corrected chi connectivity index (χ2v) is 0.671. The molecule has 3 nitrogen and oxygen atoms in total. The van der Waals surface area contributed by atoms with Crippen LogP contribution in [0.3, 0.4) is 0 Å². The van der Waals surface area contributed by atoms with Crippen LogP contribution in [-0.4, -0.2) is 0 Å². The molecule has 0 heterocycles. The van der Waals surface area contributed by atoms with Crippen molar-refractivity contribution in [1.29, 1.82) is 0 Å². The van der Waals surface area contributed by atoms with Crippen molar-refractivity contribution in [3.63, 3.8) is 0 Å². The second kappa shape index (κ2) is 86.0. The Morgan fingerprint density at radius 2 is 0.750 bits per heavy atom. The fourth-order valence-electron chi connectivity index (χ4n) is 0. The summed E-state index contributed by atoms with van der Waals surface area (Å²) in [6.07, 6.45) is 0. The van der Waals surface area contributed by atoms with E-state index in [1.54, 1.807) is 0 Å². The Hall–Kier alpha value is 1.24. The van der Waals surface area contributed by atoms with E-state index in [1.165, 1.54) is 0 Å². The molecule has 0 aromatic carbocycles. The summed E-state index contributed by atoms with van der Waals surface area (Å²) in [5.41, 5.74) is 0. The van der Waals surface area contributed by atoms with Crippen LogP contribution in [-0.2, 0) is 4.57 Å². The zero-order chi connectivity index (χ0) is 9.58. The quantitative estimate of drug-likeness (QED) is 0.227. The first-order valence-corrected chi connectivity index (χ1v) is 3.14. The first-order chi connectivity index (χ1) is 4.73. The van der Waals surface area contributed by atoms with Gasteiger partial charge in [-0.15, -0.1) is 39.5 Å². The van der Waals surface area contributed by atoms with Crippen LogP contribution in [0, 0.1) is 0 Å². The van der Waals surface area contributed by atoms with Gasteiger partial charge in [0.15, 0.2) is 0 Å². The monoisotopic (exact) mass is 209 g/mol. The Morgan fingerprint density at radius 1 is 0.750 bits per heavy atom. The molecule has 0 bridgehead atoms. The van der Waals surface area contributed by atoms with Gasteiger partial charge in [0.2, 0.25) is 0 Å². The molecule has 6 heteroatoms. The van der Waals surface area contributed by atoms with E-state index in [2.05, 4.69) is 39.5 Å². The van der Waals surface area contributed by atoms with Crippen molar-refractivity contribution in [2.45, 2.75) is 0 Å². The van der Waals surface area contributed by atoms with Crippen molar-refractivity contribution in [2.24, 2.45) is 0 Å². The Kier molecular flexibility index (Phi) is 271. The molecule has 0 unspecified atom stereocenters. The Morgan fingerprint density at radius 3 is 0.750 bits per heavy atom. The van der Waals surface area contributed by atoms with Gasteiger partial charge >= 0.3 is 59.1 Å². The largest absolute Gasteiger partial charge is 1.00 e. The molecule has 12 heavy (non-hydrogen) atoms. The topological polar surface area (TPSA) is 63.2 Å². The molecule has 0 rings (SSSR count). The molecule has 0 N–H and O–H groups in total. The van der Waals surface area contributed by atoms with Gasteiger partial charge in [-0.2, -0.15) is 0 Å². The summed E-state index contributed by atoms with van der Waals surface area (Å²) in [6, 6.07) is 0. The van der Waals surface area contributed by atoms with E-state index in [1.807, 2.05) is 0 Å². The molecule has 0 amide bonds. The third-order valence-corrected chi connectivity index (χ3v) is 0. The smallest absolute Gasteiger partial charge is 0.598 e. The van der Waals surface area contributed by atoms with E-state index in [-0.39, 0.29) is 59.1 Å². The minimum Gasteiger partial charge on any atom is -0.598 e. The molecule has 0 saturated carbocycles. The average Bonchev–Trinajstić information content (AvgIpc) is 1.98. The van der Waals surface area contributed by atoms with E-state index < -0.39 is 8.25 Å². The minimum atomic E-state index is -3.37. The van der Waals surface area contributed by atoms with Gasteiger partial charge in [0, 0.05) is 0 Å². The van der Waals surface area contributed by atoms with Gasteiger partial charge in [-0.05, 0) is 0 Å². The van der Waals surface area contributed by atoms with Crippen molar-refractivity contribution in [3.8, 4) is 0 Å². The number of hydrogen-bond acceptors (Lipinski definition) is 3. The Labute approximate surface area is 120 Å². The predicted octanol–water partition coefficient (Wildman–Crippen LogP) is -5.22. The maximum absolute atomic E-state index is 8.48. The Balaban J connectivity index is -0.0000000101. The SMILES string of the molecule is C=C.C=C.C=C.O=[P+]([O-])[O-].[Na+].[Na+]. The van der Waals surface area contributed by atoms with Gasteiger partial charge < -0.3 is 9.79 Å². The van der Waals surface area contributed by atoms with Crippen molar-refractivity contribution in [3.05, 3.63) is 39.5 Å². The van der Waals surface area contributed by atoms with Crippen molar-refractivity contribution in [2.75, 3.05) is 0 Å². The normalized spacial score (nSPS) is 3.17. The second-order valence-electron chi connectivity index (χ2n) is 0.224. The molecular formula is C6H12Na2O3P+. The molecule has 0 radical (unpaired) electrons.